The van der Waals surface area contributed by atoms with Crippen LogP contribution in [-0.4, -0.2) is 55.9 Å². The van der Waals surface area contributed by atoms with Crippen LogP contribution in [0.4, 0.5) is 0 Å². The van der Waals surface area contributed by atoms with Crippen molar-refractivity contribution in [3.05, 3.63) is 33.1 Å². The fourth-order valence-corrected chi connectivity index (χ4v) is 2.17. The van der Waals surface area contributed by atoms with Gasteiger partial charge in [-0.25, -0.2) is 4.79 Å². The monoisotopic (exact) mass is 287 g/mol. The van der Waals surface area contributed by atoms with Crippen LogP contribution in [0.5, 0.6) is 0 Å². The van der Waals surface area contributed by atoms with Crippen LogP contribution < -0.4 is 17.0 Å². The molecule has 0 amide bonds. The minimum Gasteiger partial charge on any atom is -0.394 e. The quantitative estimate of drug-likeness (QED) is 0.452. The van der Waals surface area contributed by atoms with E-state index in [0.29, 0.717) is 0 Å². The number of hydrogen-bond donors (Lipinski definition) is 4. The van der Waals surface area contributed by atoms with Gasteiger partial charge in [-0.3, -0.25) is 13.9 Å². The second-order valence-corrected chi connectivity index (χ2v) is 4.51. The topological polar surface area (TPSA) is 140 Å². The second-order valence-electron chi connectivity index (χ2n) is 4.51. The summed E-state index contributed by atoms with van der Waals surface area (Å²) in [6, 6.07) is 1.14. The fraction of sp³-hybridized carbons (Fsp3) is 0.636. The summed E-state index contributed by atoms with van der Waals surface area (Å²) in [6.45, 7) is -0.353. The van der Waals surface area contributed by atoms with E-state index in [-0.39, 0.29) is 13.1 Å². The molecule has 1 aliphatic rings. The highest BCUT2D eigenvalue weighted by molar-refractivity contribution is 4.94. The summed E-state index contributed by atoms with van der Waals surface area (Å²) >= 11 is 0. The summed E-state index contributed by atoms with van der Waals surface area (Å²) in [5.41, 5.74) is 4.13. The summed E-state index contributed by atoms with van der Waals surface area (Å²) < 4.78 is 7.15. The molecule has 1 aliphatic heterocycles. The normalized spacial score (nSPS) is 29.8. The Morgan fingerprint density at radius 2 is 2.00 bits per heavy atom. The highest BCUT2D eigenvalue weighted by Gasteiger charge is 2.43. The number of ether oxygens (including phenoxy) is 1. The van der Waals surface area contributed by atoms with Gasteiger partial charge in [0.15, 0.2) is 6.23 Å². The third-order valence-electron chi connectivity index (χ3n) is 3.24. The first-order chi connectivity index (χ1) is 9.51. The van der Waals surface area contributed by atoms with Crippen LogP contribution in [0.3, 0.4) is 0 Å². The molecule has 0 aliphatic carbocycles. The van der Waals surface area contributed by atoms with Gasteiger partial charge in [0, 0.05) is 25.4 Å². The lowest BCUT2D eigenvalue weighted by Crippen LogP contribution is -2.44. The molecular formula is C11H17N3O6. The average molecular weight is 287 g/mol. The smallest absolute Gasteiger partial charge is 0.333 e. The Morgan fingerprint density at radius 3 is 2.55 bits per heavy atom. The Morgan fingerprint density at radius 1 is 1.30 bits per heavy atom. The van der Waals surface area contributed by atoms with Crippen LogP contribution in [0.15, 0.2) is 21.9 Å². The van der Waals surface area contributed by atoms with Gasteiger partial charge in [0.2, 0.25) is 0 Å². The SMILES string of the molecule is NCCn1c(=O)ccn([C@@H]2O[C@H](CO)[C@@H](O)[C@H]2O)c1=O. The van der Waals surface area contributed by atoms with Crippen molar-refractivity contribution < 1.29 is 20.1 Å². The van der Waals surface area contributed by atoms with Crippen LogP contribution in [0.2, 0.25) is 0 Å². The van der Waals surface area contributed by atoms with E-state index in [1.807, 2.05) is 0 Å². The van der Waals surface area contributed by atoms with Gasteiger partial charge in [0.1, 0.15) is 18.3 Å². The molecule has 5 N–H and O–H groups in total. The Bertz CT molecular complexity index is 582. The summed E-state index contributed by atoms with van der Waals surface area (Å²) in [5.74, 6) is 0. The molecule has 4 atom stereocenters. The van der Waals surface area contributed by atoms with E-state index in [9.17, 15) is 19.8 Å². The first kappa shape index (κ1) is 14.9. The maximum atomic E-state index is 12.1. The van der Waals surface area contributed by atoms with Gasteiger partial charge >= 0.3 is 5.69 Å². The molecule has 0 bridgehead atoms. The van der Waals surface area contributed by atoms with Crippen LogP contribution in [0.25, 0.3) is 0 Å². The van der Waals surface area contributed by atoms with Crippen LogP contribution in [0.1, 0.15) is 6.23 Å². The maximum Gasteiger partial charge on any atom is 0.333 e. The molecule has 1 saturated heterocycles. The molecule has 0 saturated carbocycles. The van der Waals surface area contributed by atoms with E-state index in [1.54, 1.807) is 0 Å². The largest absolute Gasteiger partial charge is 0.394 e. The Balaban J connectivity index is 2.42. The Hall–Kier alpha value is -1.52. The Kier molecular flexibility index (Phi) is 4.35. The summed E-state index contributed by atoms with van der Waals surface area (Å²) in [5, 5.41) is 28.6. The zero-order chi connectivity index (χ0) is 14.9. The van der Waals surface area contributed by atoms with Crippen molar-refractivity contribution in [3.63, 3.8) is 0 Å². The van der Waals surface area contributed by atoms with Crippen molar-refractivity contribution in [1.29, 1.82) is 0 Å². The van der Waals surface area contributed by atoms with Crippen molar-refractivity contribution >= 4 is 0 Å². The number of aliphatic hydroxyl groups is 3. The van der Waals surface area contributed by atoms with Crippen molar-refractivity contribution in [3.8, 4) is 0 Å². The molecule has 9 heteroatoms. The molecule has 112 valence electrons. The standard InChI is InChI=1S/C11H17N3O6/c12-2-4-13-7(16)1-3-14(11(13)19)10-9(18)8(17)6(5-15)20-10/h1,3,6,8-10,15,17-18H,2,4-5,12H2/t6-,8-,9-,10-/m1/s1. The second kappa shape index (κ2) is 5.85. The van der Waals surface area contributed by atoms with Crippen molar-refractivity contribution in [1.82, 2.24) is 9.13 Å². The molecule has 0 unspecified atom stereocenters. The van der Waals surface area contributed by atoms with Gasteiger partial charge in [-0.05, 0) is 0 Å². The Labute approximate surface area is 113 Å². The molecule has 0 radical (unpaired) electrons. The van der Waals surface area contributed by atoms with Gasteiger partial charge in [-0.1, -0.05) is 0 Å². The average Bonchev–Trinajstić information content (AvgIpc) is 2.71. The number of nitrogens with zero attached hydrogens (tertiary/aromatic N) is 2. The van der Waals surface area contributed by atoms with Crippen molar-refractivity contribution in [2.45, 2.75) is 31.1 Å². The summed E-state index contributed by atoms with van der Waals surface area (Å²) in [6.07, 6.45) is -3.67. The van der Waals surface area contributed by atoms with Gasteiger partial charge in [-0.2, -0.15) is 0 Å². The third-order valence-corrected chi connectivity index (χ3v) is 3.24. The lowest BCUT2D eigenvalue weighted by molar-refractivity contribution is -0.0556. The molecule has 9 nitrogen and oxygen atoms in total. The molecule has 1 aromatic rings. The molecule has 2 heterocycles. The number of rotatable bonds is 4. The maximum absolute atomic E-state index is 12.1. The van der Waals surface area contributed by atoms with E-state index in [0.717, 1.165) is 15.2 Å². The lowest BCUT2D eigenvalue weighted by atomic mass is 10.1. The van der Waals surface area contributed by atoms with Gasteiger partial charge in [0.25, 0.3) is 5.56 Å². The molecule has 2 rings (SSSR count). The van der Waals surface area contributed by atoms with E-state index in [2.05, 4.69) is 0 Å². The molecule has 0 aromatic carbocycles. The molecule has 0 spiro atoms. The minimum absolute atomic E-state index is 0.0350. The van der Waals surface area contributed by atoms with Crippen molar-refractivity contribution in [2.75, 3.05) is 13.2 Å². The molecular weight excluding hydrogens is 270 g/mol. The number of hydrogen-bond acceptors (Lipinski definition) is 7. The number of aliphatic hydroxyl groups excluding tert-OH is 3. The summed E-state index contributed by atoms with van der Waals surface area (Å²) in [7, 11) is 0. The van der Waals surface area contributed by atoms with E-state index in [4.69, 9.17) is 15.6 Å². The van der Waals surface area contributed by atoms with Gasteiger partial charge in [-0.15, -0.1) is 0 Å². The van der Waals surface area contributed by atoms with Gasteiger partial charge < -0.3 is 25.8 Å². The van der Waals surface area contributed by atoms with E-state index >= 15 is 0 Å². The zero-order valence-electron chi connectivity index (χ0n) is 10.6. The third kappa shape index (κ3) is 2.41. The first-order valence-electron chi connectivity index (χ1n) is 6.15. The number of aromatic nitrogens is 2. The lowest BCUT2D eigenvalue weighted by Gasteiger charge is -2.18. The highest BCUT2D eigenvalue weighted by atomic mass is 16.6. The van der Waals surface area contributed by atoms with Crippen LogP contribution in [-0.2, 0) is 11.3 Å². The van der Waals surface area contributed by atoms with Crippen LogP contribution in [0, 0.1) is 0 Å². The predicted octanol–water partition coefficient (Wildman–Crippen LogP) is -3.42. The van der Waals surface area contributed by atoms with Gasteiger partial charge in [0.05, 0.1) is 6.61 Å². The van der Waals surface area contributed by atoms with Crippen LogP contribution >= 0.6 is 0 Å². The number of nitrogens with two attached hydrogens (primary N) is 1. The van der Waals surface area contributed by atoms with E-state index < -0.39 is 42.4 Å². The zero-order valence-corrected chi connectivity index (χ0v) is 10.6. The van der Waals surface area contributed by atoms with E-state index in [1.165, 1.54) is 6.20 Å². The minimum atomic E-state index is -1.38. The molecule has 20 heavy (non-hydrogen) atoms. The fourth-order valence-electron chi connectivity index (χ4n) is 2.17. The van der Waals surface area contributed by atoms with Crippen molar-refractivity contribution in [2.24, 2.45) is 5.73 Å². The summed E-state index contributed by atoms with van der Waals surface area (Å²) in [4.78, 5) is 23.7. The highest BCUT2D eigenvalue weighted by Crippen LogP contribution is 2.27. The molecule has 1 aromatic heterocycles. The molecule has 1 fully saturated rings. The predicted molar refractivity (Wildman–Crippen MR) is 67.0 cm³/mol. The first-order valence-corrected chi connectivity index (χ1v) is 6.15.